The van der Waals surface area contributed by atoms with Crippen LogP contribution in [-0.4, -0.2) is 44.8 Å². The highest BCUT2D eigenvalue weighted by Gasteiger charge is 2.42. The highest BCUT2D eigenvalue weighted by atomic mass is 79.9. The maximum absolute atomic E-state index is 12.7. The SMILES string of the molecule is COC(=O)C1CCCN1S(=O)(=O)c1ccc(Br)cc1OC(F)(F)F. The summed E-state index contributed by atoms with van der Waals surface area (Å²) >= 11 is 2.97. The van der Waals surface area contributed by atoms with Crippen LogP contribution in [0.3, 0.4) is 0 Å². The van der Waals surface area contributed by atoms with Crippen LogP contribution in [0, 0.1) is 0 Å². The lowest BCUT2D eigenvalue weighted by Gasteiger charge is -2.23. The number of ether oxygens (including phenoxy) is 2. The number of hydrogen-bond acceptors (Lipinski definition) is 5. The van der Waals surface area contributed by atoms with E-state index in [1.165, 1.54) is 6.07 Å². The predicted molar refractivity (Wildman–Crippen MR) is 79.8 cm³/mol. The predicted octanol–water partition coefficient (Wildman–Crippen LogP) is 2.67. The molecule has 1 aromatic rings. The largest absolute Gasteiger partial charge is 0.573 e. The highest BCUT2D eigenvalue weighted by Crippen LogP contribution is 2.36. The fourth-order valence-electron chi connectivity index (χ4n) is 2.43. The second-order valence-electron chi connectivity index (χ2n) is 4.94. The van der Waals surface area contributed by atoms with E-state index in [9.17, 15) is 26.4 Å². The van der Waals surface area contributed by atoms with Gasteiger partial charge in [0.1, 0.15) is 10.9 Å². The molecule has 24 heavy (non-hydrogen) atoms. The zero-order valence-corrected chi connectivity index (χ0v) is 14.7. The molecule has 1 heterocycles. The molecule has 0 N–H and O–H groups in total. The van der Waals surface area contributed by atoms with Crippen LogP contribution in [0.5, 0.6) is 5.75 Å². The van der Waals surface area contributed by atoms with E-state index in [1.54, 1.807) is 0 Å². The molecule has 0 radical (unpaired) electrons. The molecule has 1 aliphatic heterocycles. The van der Waals surface area contributed by atoms with Gasteiger partial charge in [0.05, 0.1) is 7.11 Å². The average molecular weight is 432 g/mol. The maximum atomic E-state index is 12.7. The summed E-state index contributed by atoms with van der Waals surface area (Å²) in [4.78, 5) is 11.1. The van der Waals surface area contributed by atoms with Gasteiger partial charge in [0, 0.05) is 11.0 Å². The van der Waals surface area contributed by atoms with Crippen LogP contribution in [-0.2, 0) is 19.6 Å². The Balaban J connectivity index is 2.48. The Labute approximate surface area is 144 Å². The molecule has 0 aliphatic carbocycles. The van der Waals surface area contributed by atoms with Crippen molar-refractivity contribution in [2.24, 2.45) is 0 Å². The minimum absolute atomic E-state index is 0.00359. The first-order chi connectivity index (χ1) is 11.1. The third-order valence-corrected chi connectivity index (χ3v) is 5.84. The summed E-state index contributed by atoms with van der Waals surface area (Å²) in [5.74, 6) is -1.63. The van der Waals surface area contributed by atoms with Crippen molar-refractivity contribution in [2.75, 3.05) is 13.7 Å². The van der Waals surface area contributed by atoms with E-state index in [2.05, 4.69) is 25.4 Å². The van der Waals surface area contributed by atoms with Gasteiger partial charge in [0.25, 0.3) is 0 Å². The molecule has 0 bridgehead atoms. The van der Waals surface area contributed by atoms with Gasteiger partial charge < -0.3 is 9.47 Å². The van der Waals surface area contributed by atoms with Crippen molar-refractivity contribution in [1.29, 1.82) is 0 Å². The van der Waals surface area contributed by atoms with Crippen LogP contribution in [0.4, 0.5) is 13.2 Å². The van der Waals surface area contributed by atoms with Gasteiger partial charge in [-0.3, -0.25) is 4.79 Å². The van der Waals surface area contributed by atoms with Gasteiger partial charge in [-0.2, -0.15) is 4.31 Å². The summed E-state index contributed by atoms with van der Waals surface area (Å²) in [6.07, 6.45) is -4.43. The molecule has 1 atom stereocenters. The van der Waals surface area contributed by atoms with Gasteiger partial charge in [-0.1, -0.05) is 15.9 Å². The quantitative estimate of drug-likeness (QED) is 0.685. The lowest BCUT2D eigenvalue weighted by atomic mass is 10.2. The van der Waals surface area contributed by atoms with Gasteiger partial charge >= 0.3 is 12.3 Å². The maximum Gasteiger partial charge on any atom is 0.573 e. The minimum atomic E-state index is -5.06. The van der Waals surface area contributed by atoms with Crippen LogP contribution in [0.25, 0.3) is 0 Å². The average Bonchev–Trinajstić information content (AvgIpc) is 2.94. The van der Waals surface area contributed by atoms with Crippen LogP contribution in [0.15, 0.2) is 27.6 Å². The molecule has 1 aliphatic rings. The number of sulfonamides is 1. The third-order valence-electron chi connectivity index (χ3n) is 3.40. The van der Waals surface area contributed by atoms with Crippen LogP contribution in [0.1, 0.15) is 12.8 Å². The number of esters is 1. The molecular formula is C13H13BrF3NO5S. The molecule has 0 saturated carbocycles. The molecule has 6 nitrogen and oxygen atoms in total. The van der Waals surface area contributed by atoms with Gasteiger partial charge in [-0.15, -0.1) is 13.2 Å². The molecule has 134 valence electrons. The fourth-order valence-corrected chi connectivity index (χ4v) is 4.51. The summed E-state index contributed by atoms with van der Waals surface area (Å²) in [5, 5.41) is 0. The van der Waals surface area contributed by atoms with E-state index in [0.29, 0.717) is 6.42 Å². The monoisotopic (exact) mass is 431 g/mol. The molecule has 0 spiro atoms. The zero-order valence-electron chi connectivity index (χ0n) is 12.3. The van der Waals surface area contributed by atoms with Crippen molar-refractivity contribution in [3.63, 3.8) is 0 Å². The Morgan fingerprint density at radius 1 is 1.38 bits per heavy atom. The van der Waals surface area contributed by atoms with E-state index >= 15 is 0 Å². The molecule has 0 amide bonds. The van der Waals surface area contributed by atoms with Crippen molar-refractivity contribution in [3.8, 4) is 5.75 Å². The number of halogens is 4. The fraction of sp³-hybridized carbons (Fsp3) is 0.462. The highest BCUT2D eigenvalue weighted by molar-refractivity contribution is 9.10. The first-order valence-electron chi connectivity index (χ1n) is 6.71. The lowest BCUT2D eigenvalue weighted by Crippen LogP contribution is -2.41. The van der Waals surface area contributed by atoms with E-state index in [0.717, 1.165) is 23.5 Å². The Morgan fingerprint density at radius 3 is 2.62 bits per heavy atom. The molecule has 1 aromatic carbocycles. The molecule has 0 aromatic heterocycles. The van der Waals surface area contributed by atoms with Gasteiger partial charge in [0.2, 0.25) is 10.0 Å². The van der Waals surface area contributed by atoms with Crippen LogP contribution in [0.2, 0.25) is 0 Å². The second-order valence-corrected chi connectivity index (χ2v) is 7.71. The van der Waals surface area contributed by atoms with E-state index in [4.69, 9.17) is 0 Å². The van der Waals surface area contributed by atoms with Gasteiger partial charge in [0.15, 0.2) is 5.75 Å². The number of hydrogen-bond donors (Lipinski definition) is 0. The molecular weight excluding hydrogens is 419 g/mol. The summed E-state index contributed by atoms with van der Waals surface area (Å²) < 4.78 is 72.6. The van der Waals surface area contributed by atoms with Crippen molar-refractivity contribution in [2.45, 2.75) is 30.1 Å². The zero-order chi connectivity index (χ0) is 18.1. The number of rotatable bonds is 4. The summed E-state index contributed by atoms with van der Waals surface area (Å²) in [7, 11) is -3.26. The van der Waals surface area contributed by atoms with Crippen LogP contribution >= 0.6 is 15.9 Å². The van der Waals surface area contributed by atoms with Crippen molar-refractivity contribution < 1.29 is 35.9 Å². The first kappa shape index (κ1) is 19.0. The molecule has 1 fully saturated rings. The number of methoxy groups -OCH3 is 1. The van der Waals surface area contributed by atoms with Gasteiger partial charge in [-0.25, -0.2) is 8.42 Å². The Bertz CT molecular complexity index is 738. The summed E-state index contributed by atoms with van der Waals surface area (Å²) in [6.45, 7) is 0.00359. The summed E-state index contributed by atoms with van der Waals surface area (Å²) in [5.41, 5.74) is 0. The first-order valence-corrected chi connectivity index (χ1v) is 8.94. The molecule has 1 saturated heterocycles. The van der Waals surface area contributed by atoms with Crippen molar-refractivity contribution in [1.82, 2.24) is 4.31 Å². The normalized spacial score (nSPS) is 19.3. The van der Waals surface area contributed by atoms with E-state index in [-0.39, 0.29) is 17.4 Å². The molecule has 11 heteroatoms. The Hall–Kier alpha value is -1.33. The Kier molecular flexibility index (Phi) is 5.45. The summed E-state index contributed by atoms with van der Waals surface area (Å²) in [6, 6.07) is 2.11. The number of benzene rings is 1. The van der Waals surface area contributed by atoms with E-state index < -0.39 is 39.0 Å². The smallest absolute Gasteiger partial charge is 0.468 e. The Morgan fingerprint density at radius 2 is 2.04 bits per heavy atom. The standard InChI is InChI=1S/C13H13BrF3NO5S/c1-22-12(19)9-3-2-6-18(9)24(20,21)11-5-4-8(14)7-10(11)23-13(15,16)17/h4-5,7,9H,2-3,6H2,1H3. The van der Waals surface area contributed by atoms with Crippen molar-refractivity contribution in [3.05, 3.63) is 22.7 Å². The number of nitrogens with zero attached hydrogens (tertiary/aromatic N) is 1. The van der Waals surface area contributed by atoms with Crippen molar-refractivity contribution >= 4 is 31.9 Å². The van der Waals surface area contributed by atoms with E-state index in [1.807, 2.05) is 0 Å². The van der Waals surface area contributed by atoms with Crippen LogP contribution < -0.4 is 4.74 Å². The minimum Gasteiger partial charge on any atom is -0.468 e. The molecule has 1 unspecified atom stereocenters. The number of alkyl halides is 3. The number of carbonyl (C=O) groups excluding carboxylic acids is 1. The van der Waals surface area contributed by atoms with Gasteiger partial charge in [-0.05, 0) is 31.0 Å². The lowest BCUT2D eigenvalue weighted by molar-refractivity contribution is -0.275. The molecule has 2 rings (SSSR count). The third kappa shape index (κ3) is 4.01. The topological polar surface area (TPSA) is 72.9 Å². The second kappa shape index (κ2) is 6.89. The number of carbonyl (C=O) groups is 1.